The highest BCUT2D eigenvalue weighted by molar-refractivity contribution is 6.74. The number of hydrogen-bond acceptors (Lipinski definition) is 9. The van der Waals surface area contributed by atoms with Gasteiger partial charge in [0.05, 0.1) is 25.4 Å². The smallest absolute Gasteiger partial charge is 0.330 e. The predicted octanol–water partition coefficient (Wildman–Crippen LogP) is 3.72. The molecule has 1 saturated heterocycles. The van der Waals surface area contributed by atoms with E-state index in [1.165, 1.54) is 27.2 Å². The average molecular weight is 533 g/mol. The normalized spacial score (nSPS) is 26.4. The Morgan fingerprint density at radius 1 is 1.19 bits per heavy atom. The molecule has 1 aliphatic rings. The van der Waals surface area contributed by atoms with Crippen molar-refractivity contribution in [2.45, 2.75) is 116 Å². The number of carbonyl (C=O) groups is 2. The first-order valence-corrected chi connectivity index (χ1v) is 15.5. The molecule has 0 aliphatic carbocycles. The monoisotopic (exact) mass is 532 g/mol. The second-order valence-electron chi connectivity index (χ2n) is 11.8. The van der Waals surface area contributed by atoms with Crippen molar-refractivity contribution in [2.24, 2.45) is 5.41 Å². The van der Waals surface area contributed by atoms with Crippen molar-refractivity contribution >= 4 is 20.3 Å². The van der Waals surface area contributed by atoms with E-state index in [4.69, 9.17) is 23.4 Å². The van der Waals surface area contributed by atoms with Crippen LogP contribution in [-0.2, 0) is 33.0 Å². The SMILES string of the molecule is CCC(=O)O[C@H]1C(=CC(=O)OC)CC(C[C@@H](O)[C@@H](C)O)O[C@@]1(OC)C(C)(C)CO[Si](C)(C)C(C)(C)C. The molecule has 0 aromatic rings. The van der Waals surface area contributed by atoms with Gasteiger partial charge in [-0.3, -0.25) is 4.79 Å². The summed E-state index contributed by atoms with van der Waals surface area (Å²) in [5.41, 5.74) is -0.431. The molecule has 1 fully saturated rings. The summed E-state index contributed by atoms with van der Waals surface area (Å²) in [6.07, 6.45) is -2.10. The molecular formula is C26H48O9Si. The summed E-state index contributed by atoms with van der Waals surface area (Å²) in [4.78, 5) is 24.8. The van der Waals surface area contributed by atoms with Crippen LogP contribution in [0, 0.1) is 5.41 Å². The lowest BCUT2D eigenvalue weighted by molar-refractivity contribution is -0.350. The van der Waals surface area contributed by atoms with Gasteiger partial charge in [0.25, 0.3) is 0 Å². The van der Waals surface area contributed by atoms with Crippen molar-refractivity contribution in [3.05, 3.63) is 11.6 Å². The van der Waals surface area contributed by atoms with Gasteiger partial charge in [-0.1, -0.05) is 41.5 Å². The summed E-state index contributed by atoms with van der Waals surface area (Å²) in [6, 6.07) is 0. The predicted molar refractivity (Wildman–Crippen MR) is 139 cm³/mol. The maximum atomic E-state index is 12.5. The van der Waals surface area contributed by atoms with E-state index in [-0.39, 0.29) is 30.9 Å². The van der Waals surface area contributed by atoms with Gasteiger partial charge in [-0.15, -0.1) is 0 Å². The van der Waals surface area contributed by atoms with Crippen LogP contribution in [0.2, 0.25) is 18.1 Å². The summed E-state index contributed by atoms with van der Waals surface area (Å²) in [5, 5.41) is 20.3. The molecule has 1 aliphatic heterocycles. The number of aliphatic hydroxyl groups is 2. The molecule has 0 amide bonds. The molecule has 0 aromatic carbocycles. The molecular weight excluding hydrogens is 484 g/mol. The van der Waals surface area contributed by atoms with E-state index in [9.17, 15) is 19.8 Å². The largest absolute Gasteiger partial charge is 0.466 e. The fraction of sp³-hybridized carbons (Fsp3) is 0.846. The highest BCUT2D eigenvalue weighted by atomic mass is 28.4. The molecule has 9 nitrogen and oxygen atoms in total. The van der Waals surface area contributed by atoms with Gasteiger partial charge in [0.1, 0.15) is 0 Å². The fourth-order valence-corrected chi connectivity index (χ4v) is 5.05. The topological polar surface area (TPSA) is 121 Å². The molecule has 5 atom stereocenters. The number of esters is 2. The Balaban J connectivity index is 3.65. The third-order valence-electron chi connectivity index (χ3n) is 7.44. The summed E-state index contributed by atoms with van der Waals surface area (Å²) in [7, 11) is 0.555. The standard InChI is InChI=1S/C26H48O9Si/c1-12-21(29)34-23-18(14-22(30)31-8)13-19(15-20(28)17(2)27)35-26(23,32-9)25(6,7)16-33-36(10,11)24(3,4)5/h14,17,19-20,23,27-28H,12-13,15-16H2,1-11H3/t17-,19?,20-,23+,26-/m1/s1. The quantitative estimate of drug-likeness (QED) is 0.233. The second kappa shape index (κ2) is 12.5. The van der Waals surface area contributed by atoms with Crippen LogP contribution >= 0.6 is 0 Å². The van der Waals surface area contributed by atoms with Gasteiger partial charge in [-0.05, 0) is 37.0 Å². The Morgan fingerprint density at radius 2 is 1.78 bits per heavy atom. The number of methoxy groups -OCH3 is 2. The molecule has 10 heteroatoms. The van der Waals surface area contributed by atoms with Gasteiger partial charge >= 0.3 is 11.9 Å². The zero-order valence-corrected chi connectivity index (χ0v) is 25.0. The van der Waals surface area contributed by atoms with Gasteiger partial charge in [0, 0.05) is 38.0 Å². The fourth-order valence-electron chi connectivity index (χ4n) is 3.90. The summed E-state index contributed by atoms with van der Waals surface area (Å²) >= 11 is 0. The molecule has 210 valence electrons. The zero-order chi connectivity index (χ0) is 28.1. The van der Waals surface area contributed by atoms with Crippen molar-refractivity contribution in [1.29, 1.82) is 0 Å². The third-order valence-corrected chi connectivity index (χ3v) is 11.9. The zero-order valence-electron chi connectivity index (χ0n) is 24.0. The molecule has 36 heavy (non-hydrogen) atoms. The van der Waals surface area contributed by atoms with Crippen LogP contribution in [0.4, 0.5) is 0 Å². The average Bonchev–Trinajstić information content (AvgIpc) is 2.77. The lowest BCUT2D eigenvalue weighted by Crippen LogP contribution is -2.65. The van der Waals surface area contributed by atoms with Crippen molar-refractivity contribution in [1.82, 2.24) is 0 Å². The summed E-state index contributed by atoms with van der Waals surface area (Å²) < 4.78 is 29.9. The molecule has 1 unspecified atom stereocenters. The van der Waals surface area contributed by atoms with Crippen molar-refractivity contribution < 1.29 is 43.2 Å². The Kier molecular flexibility index (Phi) is 11.4. The minimum absolute atomic E-state index is 0.0370. The van der Waals surface area contributed by atoms with Crippen molar-refractivity contribution in [3.8, 4) is 0 Å². The Labute approximate surface area is 217 Å². The first-order valence-electron chi connectivity index (χ1n) is 12.6. The van der Waals surface area contributed by atoms with Crippen LogP contribution in [0.3, 0.4) is 0 Å². The van der Waals surface area contributed by atoms with Gasteiger partial charge in [-0.2, -0.15) is 0 Å². The Hall–Kier alpha value is -1.30. The van der Waals surface area contributed by atoms with E-state index >= 15 is 0 Å². The highest BCUT2D eigenvalue weighted by Gasteiger charge is 2.60. The molecule has 1 rings (SSSR count). The van der Waals surface area contributed by atoms with E-state index in [1.807, 2.05) is 13.8 Å². The first-order chi connectivity index (χ1) is 16.4. The third kappa shape index (κ3) is 7.61. The van der Waals surface area contributed by atoms with Crippen LogP contribution in [0.5, 0.6) is 0 Å². The van der Waals surface area contributed by atoms with Crippen LogP contribution in [0.25, 0.3) is 0 Å². The molecule has 1 heterocycles. The van der Waals surface area contributed by atoms with E-state index in [2.05, 4.69) is 33.9 Å². The molecule has 0 aromatic heterocycles. The minimum atomic E-state index is -2.17. The first kappa shape index (κ1) is 32.7. The van der Waals surface area contributed by atoms with Gasteiger partial charge in [-0.25, -0.2) is 4.79 Å². The molecule has 0 saturated carbocycles. The van der Waals surface area contributed by atoms with Crippen LogP contribution in [0.15, 0.2) is 11.6 Å². The van der Waals surface area contributed by atoms with Crippen molar-refractivity contribution in [2.75, 3.05) is 20.8 Å². The Bertz CT molecular complexity index is 785. The lowest BCUT2D eigenvalue weighted by Gasteiger charge is -2.54. The number of carbonyl (C=O) groups excluding carboxylic acids is 2. The molecule has 0 bridgehead atoms. The maximum Gasteiger partial charge on any atom is 0.330 e. The second-order valence-corrected chi connectivity index (χ2v) is 16.6. The van der Waals surface area contributed by atoms with Gasteiger partial charge < -0.3 is 33.6 Å². The summed E-state index contributed by atoms with van der Waals surface area (Å²) in [6.45, 7) is 17.9. The maximum absolute atomic E-state index is 12.5. The van der Waals surface area contributed by atoms with E-state index in [1.54, 1.807) is 6.92 Å². The van der Waals surface area contributed by atoms with Crippen molar-refractivity contribution in [3.63, 3.8) is 0 Å². The number of rotatable bonds is 11. The minimum Gasteiger partial charge on any atom is -0.466 e. The van der Waals surface area contributed by atoms with E-state index in [0.717, 1.165) is 0 Å². The highest BCUT2D eigenvalue weighted by Crippen LogP contribution is 2.49. The van der Waals surface area contributed by atoms with E-state index < -0.39 is 55.9 Å². The van der Waals surface area contributed by atoms with Crippen LogP contribution < -0.4 is 0 Å². The number of hydrogen-bond donors (Lipinski definition) is 2. The molecule has 2 N–H and O–H groups in total. The van der Waals surface area contributed by atoms with Gasteiger partial charge in [0.15, 0.2) is 14.4 Å². The number of aliphatic hydroxyl groups excluding tert-OH is 2. The summed E-state index contributed by atoms with van der Waals surface area (Å²) in [5.74, 6) is -2.65. The van der Waals surface area contributed by atoms with Crippen LogP contribution in [-0.4, -0.2) is 81.5 Å². The molecule has 0 radical (unpaired) electrons. The van der Waals surface area contributed by atoms with Gasteiger partial charge in [0.2, 0.25) is 5.79 Å². The van der Waals surface area contributed by atoms with Crippen LogP contribution in [0.1, 0.15) is 67.7 Å². The van der Waals surface area contributed by atoms with E-state index in [0.29, 0.717) is 5.57 Å². The molecule has 0 spiro atoms. The lowest BCUT2D eigenvalue weighted by atomic mass is 9.74. The number of ether oxygens (including phenoxy) is 4. The Morgan fingerprint density at radius 3 is 2.22 bits per heavy atom.